The Kier molecular flexibility index (Phi) is 7.46. The van der Waals surface area contributed by atoms with Gasteiger partial charge in [0, 0.05) is 38.4 Å². The summed E-state index contributed by atoms with van der Waals surface area (Å²) >= 11 is 0. The number of hydrogen-bond donors (Lipinski definition) is 0. The van der Waals surface area contributed by atoms with Crippen LogP contribution in [0.15, 0.2) is 205 Å². The van der Waals surface area contributed by atoms with Gasteiger partial charge in [0.2, 0.25) is 0 Å². The molecule has 0 N–H and O–H groups in total. The molecule has 3 aromatic heterocycles. The van der Waals surface area contributed by atoms with E-state index >= 15 is 0 Å². The molecule has 11 rings (SSSR count). The summed E-state index contributed by atoms with van der Waals surface area (Å²) in [5, 5.41) is 3.37. The third kappa shape index (κ3) is 5.23. The monoisotopic (exact) mass is 715 g/mol. The van der Waals surface area contributed by atoms with E-state index in [1.807, 2.05) is 36.4 Å². The van der Waals surface area contributed by atoms with Crippen molar-refractivity contribution in [2.24, 2.45) is 0 Å². The van der Waals surface area contributed by atoms with Crippen molar-refractivity contribution in [3.05, 3.63) is 200 Å². The first-order valence-electron chi connectivity index (χ1n) is 18.9. The number of fused-ring (bicyclic) bond motifs is 6. The predicted octanol–water partition coefficient (Wildman–Crippen LogP) is 13.8. The van der Waals surface area contributed by atoms with E-state index in [0.717, 1.165) is 72.3 Å². The molecule has 56 heavy (non-hydrogen) atoms. The Morgan fingerprint density at radius 2 is 0.911 bits per heavy atom. The molecule has 3 heterocycles. The maximum absolute atomic E-state index is 6.66. The first-order valence-corrected chi connectivity index (χ1v) is 18.9. The van der Waals surface area contributed by atoms with Crippen molar-refractivity contribution in [2.75, 3.05) is 0 Å². The van der Waals surface area contributed by atoms with E-state index in [9.17, 15) is 0 Å². The molecule has 0 saturated heterocycles. The molecule has 0 amide bonds. The van der Waals surface area contributed by atoms with Crippen molar-refractivity contribution in [3.8, 4) is 61.7 Å². The van der Waals surface area contributed by atoms with Gasteiger partial charge < -0.3 is 8.98 Å². The molecule has 0 saturated carbocycles. The molecule has 8 aromatic carbocycles. The lowest BCUT2D eigenvalue weighted by Crippen LogP contribution is -2.02. The highest BCUT2D eigenvalue weighted by molar-refractivity contribution is 6.12. The molecular weight excluding hydrogens is 683 g/mol. The highest BCUT2D eigenvalue weighted by Gasteiger charge is 2.24. The third-order valence-electron chi connectivity index (χ3n) is 10.8. The molecule has 0 spiro atoms. The zero-order valence-corrected chi connectivity index (χ0v) is 30.3. The first-order chi connectivity index (χ1) is 27.8. The maximum atomic E-state index is 6.66. The van der Waals surface area contributed by atoms with Gasteiger partial charge in [-0.25, -0.2) is 9.97 Å². The highest BCUT2D eigenvalue weighted by atomic mass is 16.3. The van der Waals surface area contributed by atoms with Crippen LogP contribution in [0.25, 0.3) is 106 Å². The smallest absolute Gasteiger partial charge is 0.180 e. The quantitative estimate of drug-likeness (QED) is 0.172. The van der Waals surface area contributed by atoms with Crippen molar-refractivity contribution < 1.29 is 4.42 Å². The Balaban J connectivity index is 1.27. The van der Waals surface area contributed by atoms with E-state index in [-0.39, 0.29) is 0 Å². The lowest BCUT2D eigenvalue weighted by atomic mass is 9.91. The molecule has 0 unspecified atom stereocenters. The number of aromatic nitrogens is 3. The van der Waals surface area contributed by atoms with Gasteiger partial charge >= 0.3 is 0 Å². The SMILES string of the molecule is c1ccc(-c2ccc3c(c2)c2ccccc2n3-c2c(-c3ccccc3)cc(-c3nc(-c4ccccc4)nc4c3oc3ccccc34)cc2-c2ccccc2)cc1. The van der Waals surface area contributed by atoms with E-state index in [4.69, 9.17) is 14.4 Å². The zero-order chi connectivity index (χ0) is 37.0. The Hall–Kier alpha value is -7.56. The summed E-state index contributed by atoms with van der Waals surface area (Å²) in [5.41, 5.74) is 15.0. The summed E-state index contributed by atoms with van der Waals surface area (Å²) in [6, 6.07) is 70.5. The Bertz CT molecular complexity index is 3160. The van der Waals surface area contributed by atoms with Gasteiger partial charge in [0.05, 0.1) is 16.7 Å². The van der Waals surface area contributed by atoms with E-state index in [1.165, 1.54) is 21.9 Å². The van der Waals surface area contributed by atoms with E-state index < -0.39 is 0 Å². The van der Waals surface area contributed by atoms with Crippen molar-refractivity contribution in [3.63, 3.8) is 0 Å². The summed E-state index contributed by atoms with van der Waals surface area (Å²) in [7, 11) is 0. The van der Waals surface area contributed by atoms with Gasteiger partial charge in [0.25, 0.3) is 0 Å². The van der Waals surface area contributed by atoms with Crippen molar-refractivity contribution in [2.45, 2.75) is 0 Å². The van der Waals surface area contributed by atoms with Gasteiger partial charge in [-0.1, -0.05) is 158 Å². The Morgan fingerprint density at radius 1 is 0.375 bits per heavy atom. The molecule has 0 radical (unpaired) electrons. The van der Waals surface area contributed by atoms with Gasteiger partial charge in [-0.2, -0.15) is 0 Å². The van der Waals surface area contributed by atoms with Crippen molar-refractivity contribution in [1.29, 1.82) is 0 Å². The molecule has 0 atom stereocenters. The normalized spacial score (nSPS) is 11.6. The molecule has 0 aliphatic rings. The van der Waals surface area contributed by atoms with Crippen LogP contribution in [0.3, 0.4) is 0 Å². The molecule has 0 fully saturated rings. The fraction of sp³-hybridized carbons (Fsp3) is 0. The molecule has 0 bridgehead atoms. The molecule has 4 nitrogen and oxygen atoms in total. The molecular formula is C52H33N3O. The van der Waals surface area contributed by atoms with E-state index in [0.29, 0.717) is 11.4 Å². The minimum Gasteiger partial charge on any atom is -0.452 e. The number of benzene rings is 8. The van der Waals surface area contributed by atoms with Crippen LogP contribution in [0.1, 0.15) is 0 Å². The molecule has 262 valence electrons. The Morgan fingerprint density at radius 3 is 1.57 bits per heavy atom. The average Bonchev–Trinajstić information content (AvgIpc) is 3.82. The van der Waals surface area contributed by atoms with Crippen LogP contribution >= 0.6 is 0 Å². The zero-order valence-electron chi connectivity index (χ0n) is 30.3. The molecule has 4 heteroatoms. The second-order valence-corrected chi connectivity index (χ2v) is 14.1. The van der Waals surface area contributed by atoms with Gasteiger partial charge in [0.1, 0.15) is 16.8 Å². The molecule has 11 aromatic rings. The van der Waals surface area contributed by atoms with Crippen LogP contribution in [0, 0.1) is 0 Å². The summed E-state index contributed by atoms with van der Waals surface area (Å²) in [6.07, 6.45) is 0. The second kappa shape index (κ2) is 13.1. The number of nitrogens with zero attached hydrogens (tertiary/aromatic N) is 3. The highest BCUT2D eigenvalue weighted by Crippen LogP contribution is 2.45. The predicted molar refractivity (Wildman–Crippen MR) is 231 cm³/mol. The fourth-order valence-electron chi connectivity index (χ4n) is 8.21. The Labute approximate surface area is 323 Å². The van der Waals surface area contributed by atoms with Crippen LogP contribution in [0.5, 0.6) is 0 Å². The van der Waals surface area contributed by atoms with Gasteiger partial charge in [-0.3, -0.25) is 0 Å². The number of furan rings is 1. The van der Waals surface area contributed by atoms with Crippen LogP contribution < -0.4 is 0 Å². The van der Waals surface area contributed by atoms with Crippen molar-refractivity contribution in [1.82, 2.24) is 14.5 Å². The van der Waals surface area contributed by atoms with Crippen LogP contribution in [0.2, 0.25) is 0 Å². The van der Waals surface area contributed by atoms with Crippen LogP contribution in [-0.4, -0.2) is 14.5 Å². The second-order valence-electron chi connectivity index (χ2n) is 14.1. The largest absolute Gasteiger partial charge is 0.452 e. The first kappa shape index (κ1) is 31.9. The lowest BCUT2D eigenvalue weighted by molar-refractivity contribution is 0.667. The topological polar surface area (TPSA) is 43.9 Å². The number of hydrogen-bond acceptors (Lipinski definition) is 3. The molecule has 0 aliphatic heterocycles. The summed E-state index contributed by atoms with van der Waals surface area (Å²) in [5.74, 6) is 0.655. The standard InChI is InChI=1S/C52H33N3O/c1-5-17-34(18-6-1)38-29-30-46-44(31-38)40-25-13-15-27-45(40)55(46)50-42(35-19-7-2-8-20-35)32-39(33-43(50)36-21-9-3-10-22-36)48-51-49(41-26-14-16-28-47(41)56-51)54-52(53-48)37-23-11-4-12-24-37/h1-33H. The van der Waals surface area contributed by atoms with E-state index in [1.54, 1.807) is 0 Å². The van der Waals surface area contributed by atoms with Gasteiger partial charge in [-0.15, -0.1) is 0 Å². The van der Waals surface area contributed by atoms with Crippen LogP contribution in [0.4, 0.5) is 0 Å². The van der Waals surface area contributed by atoms with Gasteiger partial charge in [0.15, 0.2) is 11.4 Å². The lowest BCUT2D eigenvalue weighted by Gasteiger charge is -2.21. The van der Waals surface area contributed by atoms with E-state index in [2.05, 4.69) is 168 Å². The van der Waals surface area contributed by atoms with Crippen LogP contribution in [-0.2, 0) is 0 Å². The summed E-state index contributed by atoms with van der Waals surface area (Å²) < 4.78 is 9.11. The fourth-order valence-corrected chi connectivity index (χ4v) is 8.21. The maximum Gasteiger partial charge on any atom is 0.180 e. The van der Waals surface area contributed by atoms with Crippen molar-refractivity contribution >= 4 is 43.9 Å². The minimum atomic E-state index is 0.655. The average molecular weight is 716 g/mol. The number of rotatable bonds is 6. The minimum absolute atomic E-state index is 0.655. The number of para-hydroxylation sites is 2. The summed E-state index contributed by atoms with van der Waals surface area (Å²) in [4.78, 5) is 10.5. The molecule has 0 aliphatic carbocycles. The summed E-state index contributed by atoms with van der Waals surface area (Å²) in [6.45, 7) is 0. The third-order valence-corrected chi connectivity index (χ3v) is 10.8. The van der Waals surface area contributed by atoms with Gasteiger partial charge in [-0.05, 0) is 64.7 Å².